The van der Waals surface area contributed by atoms with Crippen LogP contribution in [-0.2, 0) is 11.3 Å². The van der Waals surface area contributed by atoms with E-state index >= 15 is 0 Å². The number of rotatable bonds is 8. The molecule has 1 heterocycles. The fraction of sp³-hybridized carbons (Fsp3) is 0.296. The molecular formula is C27H27ClF2N2O3. The smallest absolute Gasteiger partial charge is 0.257 e. The maximum atomic E-state index is 14.1. The molecule has 5 nitrogen and oxygen atoms in total. The molecule has 1 saturated heterocycles. The molecule has 0 spiro atoms. The highest BCUT2D eigenvalue weighted by Gasteiger charge is 2.27. The van der Waals surface area contributed by atoms with Gasteiger partial charge < -0.3 is 14.4 Å². The molecule has 1 aliphatic rings. The first-order chi connectivity index (χ1) is 16.9. The van der Waals surface area contributed by atoms with Gasteiger partial charge in [-0.15, -0.1) is 0 Å². The van der Waals surface area contributed by atoms with Crippen molar-refractivity contribution in [2.45, 2.75) is 12.7 Å². The van der Waals surface area contributed by atoms with Crippen molar-refractivity contribution in [3.8, 4) is 5.75 Å². The van der Waals surface area contributed by atoms with Crippen LogP contribution in [0.1, 0.15) is 27.6 Å². The number of methoxy groups -OCH3 is 1. The lowest BCUT2D eigenvalue weighted by molar-refractivity contribution is 0.00332. The predicted octanol–water partition coefficient (Wildman–Crippen LogP) is 5.34. The molecule has 3 aromatic carbocycles. The Kier molecular flexibility index (Phi) is 8.33. The van der Waals surface area contributed by atoms with Crippen molar-refractivity contribution in [1.82, 2.24) is 9.80 Å². The van der Waals surface area contributed by atoms with Gasteiger partial charge in [0.05, 0.1) is 25.4 Å². The number of amides is 1. The van der Waals surface area contributed by atoms with Crippen molar-refractivity contribution in [3.63, 3.8) is 0 Å². The number of piperazine rings is 1. The molecule has 0 aliphatic carbocycles. The van der Waals surface area contributed by atoms with E-state index in [1.54, 1.807) is 12.0 Å². The first-order valence-electron chi connectivity index (χ1n) is 11.4. The van der Waals surface area contributed by atoms with Crippen molar-refractivity contribution in [3.05, 3.63) is 100 Å². The van der Waals surface area contributed by atoms with Gasteiger partial charge in [0.2, 0.25) is 0 Å². The van der Waals surface area contributed by atoms with Gasteiger partial charge in [-0.05, 0) is 47.5 Å². The van der Waals surface area contributed by atoms with Gasteiger partial charge in [0.15, 0.2) is 11.6 Å². The average molecular weight is 501 g/mol. The van der Waals surface area contributed by atoms with E-state index in [1.807, 2.05) is 48.5 Å². The van der Waals surface area contributed by atoms with Crippen molar-refractivity contribution in [1.29, 1.82) is 0 Å². The largest absolute Gasteiger partial charge is 0.497 e. The molecule has 8 heteroatoms. The summed E-state index contributed by atoms with van der Waals surface area (Å²) in [6.45, 7) is 3.03. The molecular weight excluding hydrogens is 474 g/mol. The normalized spacial score (nSPS) is 15.1. The fourth-order valence-corrected chi connectivity index (χ4v) is 4.22. The van der Waals surface area contributed by atoms with Crippen molar-refractivity contribution in [2.24, 2.45) is 0 Å². The number of carbonyl (C=O) groups is 1. The van der Waals surface area contributed by atoms with Crippen LogP contribution in [0.3, 0.4) is 0 Å². The third-order valence-corrected chi connectivity index (χ3v) is 6.34. The third-order valence-electron chi connectivity index (χ3n) is 6.09. The lowest BCUT2D eigenvalue weighted by atomic mass is 10.1. The van der Waals surface area contributed by atoms with Crippen LogP contribution in [0.4, 0.5) is 8.78 Å². The second-order valence-corrected chi connectivity index (χ2v) is 8.83. The van der Waals surface area contributed by atoms with Gasteiger partial charge in [0.25, 0.3) is 5.91 Å². The van der Waals surface area contributed by atoms with Crippen LogP contribution in [0, 0.1) is 11.6 Å². The minimum absolute atomic E-state index is 0.221. The highest BCUT2D eigenvalue weighted by molar-refractivity contribution is 6.30. The minimum Gasteiger partial charge on any atom is -0.497 e. The Hall–Kier alpha value is -3.00. The molecule has 1 fully saturated rings. The van der Waals surface area contributed by atoms with E-state index in [4.69, 9.17) is 21.1 Å². The summed E-state index contributed by atoms with van der Waals surface area (Å²) in [4.78, 5) is 16.5. The quantitative estimate of drug-likeness (QED) is 0.418. The summed E-state index contributed by atoms with van der Waals surface area (Å²) in [6, 6.07) is 19.0. The Morgan fingerprint density at radius 2 is 1.71 bits per heavy atom. The Morgan fingerprint density at radius 3 is 2.43 bits per heavy atom. The predicted molar refractivity (Wildman–Crippen MR) is 131 cm³/mol. The monoisotopic (exact) mass is 500 g/mol. The molecule has 184 valence electrons. The summed E-state index contributed by atoms with van der Waals surface area (Å²) in [7, 11) is 1.63. The zero-order chi connectivity index (χ0) is 24.8. The highest BCUT2D eigenvalue weighted by atomic mass is 35.5. The SMILES string of the molecule is COc1cccc(CO[C@H](CN2CCN(C(=O)c3cccc(F)c3F)CC2)c2ccc(Cl)cc2)c1. The lowest BCUT2D eigenvalue weighted by Crippen LogP contribution is -2.49. The highest BCUT2D eigenvalue weighted by Crippen LogP contribution is 2.25. The number of hydrogen-bond acceptors (Lipinski definition) is 4. The Balaban J connectivity index is 1.40. The Morgan fingerprint density at radius 1 is 1.00 bits per heavy atom. The van der Waals surface area contributed by atoms with Crippen LogP contribution in [-0.4, -0.2) is 55.5 Å². The average Bonchev–Trinajstić information content (AvgIpc) is 2.89. The lowest BCUT2D eigenvalue weighted by Gasteiger charge is -2.36. The van der Waals surface area contributed by atoms with E-state index in [9.17, 15) is 13.6 Å². The Labute approximate surface area is 208 Å². The van der Waals surface area contributed by atoms with Gasteiger partial charge in [-0.25, -0.2) is 8.78 Å². The van der Waals surface area contributed by atoms with E-state index in [1.165, 1.54) is 12.1 Å². The summed E-state index contributed by atoms with van der Waals surface area (Å²) < 4.78 is 39.2. The van der Waals surface area contributed by atoms with Crippen LogP contribution < -0.4 is 4.74 Å². The van der Waals surface area contributed by atoms with Gasteiger partial charge in [-0.1, -0.05) is 41.9 Å². The molecule has 0 saturated carbocycles. The summed E-state index contributed by atoms with van der Waals surface area (Å²) in [5, 5.41) is 0.650. The van der Waals surface area contributed by atoms with E-state index in [-0.39, 0.29) is 11.7 Å². The van der Waals surface area contributed by atoms with E-state index < -0.39 is 17.5 Å². The molecule has 0 radical (unpaired) electrons. The van der Waals surface area contributed by atoms with Crippen LogP contribution >= 0.6 is 11.6 Å². The zero-order valence-electron chi connectivity index (χ0n) is 19.4. The number of ether oxygens (including phenoxy) is 2. The van der Waals surface area contributed by atoms with Gasteiger partial charge in [0, 0.05) is 37.7 Å². The molecule has 1 atom stereocenters. The first kappa shape index (κ1) is 25.1. The number of carbonyl (C=O) groups excluding carboxylic acids is 1. The van der Waals surface area contributed by atoms with Crippen molar-refractivity contribution in [2.75, 3.05) is 39.8 Å². The van der Waals surface area contributed by atoms with Gasteiger partial charge >= 0.3 is 0 Å². The number of nitrogens with zero attached hydrogens (tertiary/aromatic N) is 2. The van der Waals surface area contributed by atoms with Gasteiger partial charge in [-0.2, -0.15) is 0 Å². The molecule has 1 aliphatic heterocycles. The molecule has 35 heavy (non-hydrogen) atoms. The fourth-order valence-electron chi connectivity index (χ4n) is 4.10. The van der Waals surface area contributed by atoms with Crippen LogP contribution in [0.15, 0.2) is 66.7 Å². The van der Waals surface area contributed by atoms with Crippen molar-refractivity contribution < 1.29 is 23.0 Å². The molecule has 3 aromatic rings. The van der Waals surface area contributed by atoms with Gasteiger partial charge in [-0.3, -0.25) is 9.69 Å². The van der Waals surface area contributed by atoms with Crippen LogP contribution in [0.5, 0.6) is 5.75 Å². The zero-order valence-corrected chi connectivity index (χ0v) is 20.2. The van der Waals surface area contributed by atoms with Crippen LogP contribution in [0.25, 0.3) is 0 Å². The van der Waals surface area contributed by atoms with Gasteiger partial charge in [0.1, 0.15) is 5.75 Å². The van der Waals surface area contributed by atoms with E-state index in [0.29, 0.717) is 44.4 Å². The van der Waals surface area contributed by atoms with Crippen LogP contribution in [0.2, 0.25) is 5.02 Å². The second-order valence-electron chi connectivity index (χ2n) is 8.40. The van der Waals surface area contributed by atoms with E-state index in [0.717, 1.165) is 22.9 Å². The minimum atomic E-state index is -1.10. The maximum absolute atomic E-state index is 14.1. The van der Waals surface area contributed by atoms with E-state index in [2.05, 4.69) is 4.90 Å². The first-order valence-corrected chi connectivity index (χ1v) is 11.8. The maximum Gasteiger partial charge on any atom is 0.257 e. The molecule has 0 unspecified atom stereocenters. The summed E-state index contributed by atoms with van der Waals surface area (Å²) in [5.41, 5.74) is 1.76. The standard InChI is InChI=1S/C27H27ClF2N2O3/c1-34-22-5-2-4-19(16-22)18-35-25(20-8-10-21(28)11-9-20)17-31-12-14-32(15-13-31)27(33)23-6-3-7-24(29)26(23)30/h2-11,16,25H,12-15,17-18H2,1H3/t25-/m1/s1. The summed E-state index contributed by atoms with van der Waals surface area (Å²) in [6.07, 6.45) is -0.221. The topological polar surface area (TPSA) is 42.0 Å². The summed E-state index contributed by atoms with van der Waals surface area (Å²) >= 11 is 6.08. The molecule has 4 rings (SSSR count). The number of benzene rings is 3. The number of halogens is 3. The molecule has 0 N–H and O–H groups in total. The molecule has 0 bridgehead atoms. The second kappa shape index (κ2) is 11.6. The number of hydrogen-bond donors (Lipinski definition) is 0. The Bertz CT molecular complexity index is 1150. The third kappa shape index (κ3) is 6.36. The molecule has 0 aromatic heterocycles. The summed E-state index contributed by atoms with van der Waals surface area (Å²) in [5.74, 6) is -1.85. The van der Waals surface area contributed by atoms with Crippen molar-refractivity contribution >= 4 is 17.5 Å². The molecule has 1 amide bonds.